The van der Waals surface area contributed by atoms with Crippen LogP contribution >= 0.6 is 11.8 Å². The van der Waals surface area contributed by atoms with E-state index in [4.69, 9.17) is 5.11 Å². The van der Waals surface area contributed by atoms with Crippen LogP contribution in [-0.4, -0.2) is 39.1 Å². The number of carboxylic acids is 1. The van der Waals surface area contributed by atoms with Gasteiger partial charge in [0.2, 0.25) is 5.91 Å². The molecule has 1 aliphatic heterocycles. The molecule has 5 heteroatoms. The number of thioether (sulfide) groups is 1. The van der Waals surface area contributed by atoms with Crippen LogP contribution in [0.1, 0.15) is 26.7 Å². The molecule has 2 aliphatic rings. The predicted molar refractivity (Wildman–Crippen MR) is 57.5 cm³/mol. The van der Waals surface area contributed by atoms with Crippen LogP contribution in [-0.2, 0) is 9.59 Å². The highest BCUT2D eigenvalue weighted by atomic mass is 32.2. The van der Waals surface area contributed by atoms with Crippen LogP contribution in [0.4, 0.5) is 0 Å². The zero-order chi connectivity index (χ0) is 11.2. The number of hydrogen-bond donors (Lipinski definition) is 1. The number of carboxylic acid groups (broad SMARTS) is 1. The van der Waals surface area contributed by atoms with Gasteiger partial charge in [-0.3, -0.25) is 4.79 Å². The predicted octanol–water partition coefficient (Wildman–Crippen LogP) is 1.16. The maximum Gasteiger partial charge on any atom is 0.327 e. The van der Waals surface area contributed by atoms with Crippen molar-refractivity contribution in [3.8, 4) is 0 Å². The normalized spacial score (nSPS) is 32.8. The molecular formula is C10H15NO3S. The van der Waals surface area contributed by atoms with Crippen molar-refractivity contribution < 1.29 is 14.7 Å². The van der Waals surface area contributed by atoms with Crippen molar-refractivity contribution in [1.29, 1.82) is 0 Å². The van der Waals surface area contributed by atoms with Crippen LogP contribution in [0.25, 0.3) is 0 Å². The Bertz CT molecular complexity index is 314. The summed E-state index contributed by atoms with van der Waals surface area (Å²) in [5.41, 5.74) is -0.271. The van der Waals surface area contributed by atoms with Crippen molar-refractivity contribution in [3.63, 3.8) is 0 Å². The average Bonchev–Trinajstić information content (AvgIpc) is 2.78. The summed E-state index contributed by atoms with van der Waals surface area (Å²) in [6.07, 6.45) is 1.79. The molecule has 1 N–H and O–H groups in total. The molecule has 1 saturated heterocycles. The molecule has 0 aromatic carbocycles. The monoisotopic (exact) mass is 229 g/mol. The number of nitrogens with zero attached hydrogens (tertiary/aromatic N) is 1. The lowest BCUT2D eigenvalue weighted by Crippen LogP contribution is -2.47. The van der Waals surface area contributed by atoms with Gasteiger partial charge in [-0.1, -0.05) is 6.92 Å². The Morgan fingerprint density at radius 2 is 2.07 bits per heavy atom. The summed E-state index contributed by atoms with van der Waals surface area (Å²) in [6, 6.07) is -0.630. The van der Waals surface area contributed by atoms with Gasteiger partial charge in [-0.25, -0.2) is 4.79 Å². The van der Waals surface area contributed by atoms with Crippen molar-refractivity contribution in [3.05, 3.63) is 0 Å². The molecule has 0 aromatic heterocycles. The van der Waals surface area contributed by atoms with Gasteiger partial charge >= 0.3 is 5.97 Å². The molecule has 0 spiro atoms. The van der Waals surface area contributed by atoms with Crippen molar-refractivity contribution in [2.45, 2.75) is 38.1 Å². The molecule has 2 atom stereocenters. The third-order valence-electron chi connectivity index (χ3n) is 3.26. The SMILES string of the molecule is CC1SCC(C(=O)O)N1C(=O)C1(C)CC1. The second-order valence-corrected chi connectivity index (χ2v) is 5.91. The van der Waals surface area contributed by atoms with Crippen molar-refractivity contribution in [2.24, 2.45) is 5.41 Å². The van der Waals surface area contributed by atoms with E-state index >= 15 is 0 Å². The van der Waals surface area contributed by atoms with Crippen molar-refractivity contribution >= 4 is 23.6 Å². The molecule has 0 bridgehead atoms. The largest absolute Gasteiger partial charge is 0.480 e. The van der Waals surface area contributed by atoms with E-state index in [9.17, 15) is 9.59 Å². The fourth-order valence-corrected chi connectivity index (χ4v) is 3.02. The summed E-state index contributed by atoms with van der Waals surface area (Å²) in [7, 11) is 0. The first kappa shape index (κ1) is 10.8. The summed E-state index contributed by atoms with van der Waals surface area (Å²) < 4.78 is 0. The lowest BCUT2D eigenvalue weighted by Gasteiger charge is -2.27. The molecule has 1 aliphatic carbocycles. The second kappa shape index (κ2) is 3.40. The number of aliphatic carboxylic acids is 1. The molecule has 0 aromatic rings. The van der Waals surface area contributed by atoms with E-state index in [-0.39, 0.29) is 16.7 Å². The van der Waals surface area contributed by atoms with E-state index in [1.165, 1.54) is 11.8 Å². The fourth-order valence-electron chi connectivity index (χ4n) is 1.85. The van der Waals surface area contributed by atoms with Gasteiger partial charge in [-0.15, -0.1) is 11.8 Å². The summed E-state index contributed by atoms with van der Waals surface area (Å²) >= 11 is 1.54. The van der Waals surface area contributed by atoms with E-state index in [1.807, 2.05) is 13.8 Å². The summed E-state index contributed by atoms with van der Waals surface area (Å²) in [4.78, 5) is 24.7. The molecule has 1 amide bonds. The third-order valence-corrected chi connectivity index (χ3v) is 4.48. The number of hydrogen-bond acceptors (Lipinski definition) is 3. The molecular weight excluding hydrogens is 214 g/mol. The fraction of sp³-hybridized carbons (Fsp3) is 0.800. The molecule has 2 rings (SSSR count). The van der Waals surface area contributed by atoms with E-state index in [1.54, 1.807) is 4.90 Å². The number of carbonyl (C=O) groups is 2. The molecule has 1 heterocycles. The van der Waals surface area contributed by atoms with Gasteiger partial charge in [0.05, 0.1) is 5.37 Å². The van der Waals surface area contributed by atoms with Crippen LogP contribution in [0.2, 0.25) is 0 Å². The zero-order valence-electron chi connectivity index (χ0n) is 8.90. The number of amides is 1. The van der Waals surface area contributed by atoms with Crippen LogP contribution in [0.3, 0.4) is 0 Å². The molecule has 1 saturated carbocycles. The van der Waals surface area contributed by atoms with Crippen LogP contribution in [0, 0.1) is 5.41 Å². The third kappa shape index (κ3) is 1.73. The smallest absolute Gasteiger partial charge is 0.327 e. The molecule has 2 fully saturated rings. The molecule has 0 radical (unpaired) electrons. The highest BCUT2D eigenvalue weighted by Gasteiger charge is 2.52. The lowest BCUT2D eigenvalue weighted by molar-refractivity contribution is -0.151. The average molecular weight is 229 g/mol. The first-order valence-electron chi connectivity index (χ1n) is 5.13. The first-order valence-corrected chi connectivity index (χ1v) is 6.18. The van der Waals surface area contributed by atoms with E-state index < -0.39 is 12.0 Å². The van der Waals surface area contributed by atoms with Crippen LogP contribution < -0.4 is 0 Å². The van der Waals surface area contributed by atoms with Gasteiger partial charge in [0.15, 0.2) is 0 Å². The highest BCUT2D eigenvalue weighted by Crippen LogP contribution is 2.48. The Hall–Kier alpha value is -0.710. The highest BCUT2D eigenvalue weighted by molar-refractivity contribution is 8.00. The summed E-state index contributed by atoms with van der Waals surface area (Å²) in [6.45, 7) is 3.82. The molecule has 15 heavy (non-hydrogen) atoms. The second-order valence-electron chi connectivity index (χ2n) is 4.56. The van der Waals surface area contributed by atoms with Gasteiger partial charge in [0, 0.05) is 11.2 Å². The van der Waals surface area contributed by atoms with Gasteiger partial charge in [-0.05, 0) is 19.8 Å². The maximum absolute atomic E-state index is 12.1. The van der Waals surface area contributed by atoms with E-state index in [2.05, 4.69) is 0 Å². The Kier molecular flexibility index (Phi) is 2.45. The van der Waals surface area contributed by atoms with Gasteiger partial charge < -0.3 is 10.0 Å². The Labute approximate surface area is 93.0 Å². The van der Waals surface area contributed by atoms with Gasteiger partial charge in [-0.2, -0.15) is 0 Å². The van der Waals surface area contributed by atoms with Gasteiger partial charge in [0.25, 0.3) is 0 Å². The summed E-state index contributed by atoms with van der Waals surface area (Å²) in [5, 5.41) is 9.03. The molecule has 84 valence electrons. The summed E-state index contributed by atoms with van der Waals surface area (Å²) in [5.74, 6) is -0.352. The quantitative estimate of drug-likeness (QED) is 0.772. The Morgan fingerprint density at radius 1 is 1.47 bits per heavy atom. The Balaban J connectivity index is 2.17. The van der Waals surface area contributed by atoms with Crippen molar-refractivity contribution in [2.75, 3.05) is 5.75 Å². The van der Waals surface area contributed by atoms with E-state index in [0.717, 1.165) is 12.8 Å². The minimum Gasteiger partial charge on any atom is -0.480 e. The standard InChI is InChI=1S/C10H15NO3S/c1-6-11(7(5-15-6)8(12)13)9(14)10(2)3-4-10/h6-7H,3-5H2,1-2H3,(H,12,13). The van der Waals surface area contributed by atoms with Crippen molar-refractivity contribution in [1.82, 2.24) is 4.90 Å². The van der Waals surface area contributed by atoms with Gasteiger partial charge in [0.1, 0.15) is 6.04 Å². The minimum absolute atomic E-state index is 0.00368. The Morgan fingerprint density at radius 3 is 2.53 bits per heavy atom. The molecule has 2 unspecified atom stereocenters. The molecule has 4 nitrogen and oxygen atoms in total. The maximum atomic E-state index is 12.1. The number of rotatable bonds is 2. The van der Waals surface area contributed by atoms with Crippen LogP contribution in [0.5, 0.6) is 0 Å². The number of carbonyl (C=O) groups excluding carboxylic acids is 1. The lowest BCUT2D eigenvalue weighted by atomic mass is 10.1. The zero-order valence-corrected chi connectivity index (χ0v) is 9.71. The van der Waals surface area contributed by atoms with E-state index in [0.29, 0.717) is 5.75 Å². The topological polar surface area (TPSA) is 57.6 Å². The van der Waals surface area contributed by atoms with Crippen LogP contribution in [0.15, 0.2) is 0 Å². The minimum atomic E-state index is -0.885. The first-order chi connectivity index (χ1) is 6.96.